The molecule has 6 rings (SSSR count). The van der Waals surface area contributed by atoms with Gasteiger partial charge in [-0.3, -0.25) is 0 Å². The highest BCUT2D eigenvalue weighted by molar-refractivity contribution is 6.39. The van der Waals surface area contributed by atoms with Gasteiger partial charge in [0.25, 0.3) is 0 Å². The van der Waals surface area contributed by atoms with Crippen LogP contribution >= 0.6 is 23.2 Å². The van der Waals surface area contributed by atoms with Crippen LogP contribution in [0.4, 0.5) is 5.82 Å². The first-order valence-electron chi connectivity index (χ1n) is 12.2. The van der Waals surface area contributed by atoms with Gasteiger partial charge in [0.15, 0.2) is 5.69 Å². The third-order valence-electron chi connectivity index (χ3n) is 7.55. The third-order valence-corrected chi connectivity index (χ3v) is 8.18. The van der Waals surface area contributed by atoms with E-state index < -0.39 is 5.97 Å². The Morgan fingerprint density at radius 2 is 1.97 bits per heavy atom. The molecule has 1 aromatic carbocycles. The Hall–Kier alpha value is -2.68. The van der Waals surface area contributed by atoms with Gasteiger partial charge in [-0.2, -0.15) is 0 Å². The number of aromatic nitrogens is 3. The summed E-state index contributed by atoms with van der Waals surface area (Å²) >= 11 is 13.0. The molecule has 3 heterocycles. The molecule has 3 aromatic rings. The van der Waals surface area contributed by atoms with E-state index in [0.717, 1.165) is 62.3 Å². The molecule has 1 aliphatic heterocycles. The van der Waals surface area contributed by atoms with Crippen molar-refractivity contribution in [2.45, 2.75) is 50.7 Å². The maximum Gasteiger partial charge on any atom is 0.358 e. The first kappa shape index (κ1) is 23.7. The Morgan fingerprint density at radius 1 is 1.19 bits per heavy atom. The number of esters is 1. The molecule has 10 heteroatoms. The van der Waals surface area contributed by atoms with Crippen molar-refractivity contribution in [3.8, 4) is 11.3 Å². The molecule has 3 aliphatic rings. The Morgan fingerprint density at radius 3 is 2.64 bits per heavy atom. The van der Waals surface area contributed by atoms with Gasteiger partial charge in [-0.25, -0.2) is 14.8 Å². The smallest absolute Gasteiger partial charge is 0.358 e. The van der Waals surface area contributed by atoms with E-state index in [-0.39, 0.29) is 17.2 Å². The predicted molar refractivity (Wildman–Crippen MR) is 134 cm³/mol. The van der Waals surface area contributed by atoms with Crippen molar-refractivity contribution in [3.63, 3.8) is 0 Å². The van der Waals surface area contributed by atoms with Crippen molar-refractivity contribution < 1.29 is 18.8 Å². The molecule has 188 valence electrons. The normalized spacial score (nSPS) is 23.2. The molecule has 0 bridgehead atoms. The van der Waals surface area contributed by atoms with Gasteiger partial charge in [-0.1, -0.05) is 34.4 Å². The van der Waals surface area contributed by atoms with Crippen LogP contribution in [-0.4, -0.2) is 47.4 Å². The highest BCUT2D eigenvalue weighted by Gasteiger charge is 2.49. The first-order chi connectivity index (χ1) is 17.5. The van der Waals surface area contributed by atoms with E-state index in [1.807, 2.05) is 18.2 Å². The molecule has 1 saturated heterocycles. The van der Waals surface area contributed by atoms with Crippen LogP contribution in [0.5, 0.6) is 0 Å². The number of hydrogen-bond donors (Lipinski definition) is 0. The molecule has 3 fully saturated rings. The Kier molecular flexibility index (Phi) is 6.14. The van der Waals surface area contributed by atoms with Crippen molar-refractivity contribution in [2.75, 3.05) is 25.1 Å². The van der Waals surface area contributed by atoms with E-state index in [0.29, 0.717) is 33.8 Å². The van der Waals surface area contributed by atoms with Gasteiger partial charge < -0.3 is 18.9 Å². The van der Waals surface area contributed by atoms with E-state index in [9.17, 15) is 4.79 Å². The number of hydrogen-bond acceptors (Lipinski definition) is 8. The zero-order valence-corrected chi connectivity index (χ0v) is 21.4. The van der Waals surface area contributed by atoms with Gasteiger partial charge in [-0.05, 0) is 49.7 Å². The lowest BCUT2D eigenvalue weighted by Gasteiger charge is -2.44. The summed E-state index contributed by atoms with van der Waals surface area (Å²) in [7, 11) is 1.33. The zero-order valence-electron chi connectivity index (χ0n) is 19.9. The van der Waals surface area contributed by atoms with Crippen LogP contribution in [-0.2, 0) is 16.1 Å². The number of methoxy groups -OCH3 is 1. The Balaban J connectivity index is 1.10. The lowest BCUT2D eigenvalue weighted by molar-refractivity contribution is -0.0796. The molecule has 0 amide bonds. The predicted octanol–water partition coefficient (Wildman–Crippen LogP) is 5.68. The van der Waals surface area contributed by atoms with Gasteiger partial charge in [0.1, 0.15) is 17.3 Å². The second kappa shape index (κ2) is 9.32. The molecule has 0 unspecified atom stereocenters. The van der Waals surface area contributed by atoms with Crippen molar-refractivity contribution >= 4 is 35.0 Å². The van der Waals surface area contributed by atoms with Crippen LogP contribution in [0.15, 0.2) is 35.1 Å². The second-order valence-electron chi connectivity index (χ2n) is 10.0. The molecule has 0 N–H and O–H groups in total. The summed E-state index contributed by atoms with van der Waals surface area (Å²) in [5.74, 6) is 1.59. The molecule has 2 aliphatic carbocycles. The fourth-order valence-corrected chi connectivity index (χ4v) is 6.01. The molecular weight excluding hydrogens is 503 g/mol. The summed E-state index contributed by atoms with van der Waals surface area (Å²) in [5, 5.41) is 5.46. The average Bonchev–Trinajstić information content (AvgIpc) is 3.47. The third kappa shape index (κ3) is 4.35. The fourth-order valence-electron chi connectivity index (χ4n) is 5.43. The highest BCUT2D eigenvalue weighted by atomic mass is 35.5. The standard InChI is InChI=1S/C26H26Cl2N4O4/c1-34-25(33)20-11-30-21(12-29-20)32-8-7-26(14-32)9-16(10-26)35-13-17-23(31-36-24(17)15-5-6-15)22-18(27)3-2-4-19(22)28/h2-4,11-12,15-16H,5-10,13-14H2,1H3. The summed E-state index contributed by atoms with van der Waals surface area (Å²) in [4.78, 5) is 22.5. The van der Waals surface area contributed by atoms with Crippen LogP contribution < -0.4 is 4.90 Å². The Bertz CT molecular complexity index is 1270. The molecular formula is C26H26Cl2N4O4. The monoisotopic (exact) mass is 528 g/mol. The summed E-state index contributed by atoms with van der Waals surface area (Å²) < 4.78 is 16.8. The van der Waals surface area contributed by atoms with Crippen LogP contribution in [0.3, 0.4) is 0 Å². The van der Waals surface area contributed by atoms with Crippen molar-refractivity contribution in [3.05, 3.63) is 57.7 Å². The number of carbonyl (C=O) groups is 1. The fraction of sp³-hybridized carbons (Fsp3) is 0.462. The molecule has 1 spiro atoms. The first-order valence-corrected chi connectivity index (χ1v) is 12.9. The lowest BCUT2D eigenvalue weighted by Crippen LogP contribution is -2.44. The van der Waals surface area contributed by atoms with Crippen molar-refractivity contribution in [1.29, 1.82) is 0 Å². The quantitative estimate of drug-likeness (QED) is 0.361. The second-order valence-corrected chi connectivity index (χ2v) is 10.8. The van der Waals surface area contributed by atoms with Crippen LogP contribution in [0.1, 0.15) is 59.8 Å². The summed E-state index contributed by atoms with van der Waals surface area (Å²) in [6.07, 6.45) is 8.55. The van der Waals surface area contributed by atoms with Crippen LogP contribution in [0.2, 0.25) is 10.0 Å². The average molecular weight is 529 g/mol. The number of ether oxygens (including phenoxy) is 2. The maximum absolute atomic E-state index is 11.6. The maximum atomic E-state index is 11.6. The topological polar surface area (TPSA) is 90.6 Å². The van der Waals surface area contributed by atoms with E-state index in [1.54, 1.807) is 6.20 Å². The van der Waals surface area contributed by atoms with Gasteiger partial charge in [0, 0.05) is 30.1 Å². The van der Waals surface area contributed by atoms with E-state index in [2.05, 4.69) is 20.0 Å². The van der Waals surface area contributed by atoms with Crippen molar-refractivity contribution in [1.82, 2.24) is 15.1 Å². The molecule has 0 atom stereocenters. The van der Waals surface area contributed by atoms with E-state index in [4.69, 9.17) is 37.2 Å². The SMILES string of the molecule is COC(=O)c1cnc(N2CCC3(CC(OCc4c(-c5c(Cl)cccc5Cl)noc4C4CC4)C3)C2)cn1. The molecule has 2 saturated carbocycles. The number of benzene rings is 1. The van der Waals surface area contributed by atoms with E-state index >= 15 is 0 Å². The minimum Gasteiger partial charge on any atom is -0.464 e. The molecule has 0 radical (unpaired) electrons. The number of nitrogens with zero attached hydrogens (tertiary/aromatic N) is 4. The van der Waals surface area contributed by atoms with Gasteiger partial charge >= 0.3 is 5.97 Å². The number of halogens is 2. The summed E-state index contributed by atoms with van der Waals surface area (Å²) in [6, 6.07) is 5.45. The molecule has 2 aromatic heterocycles. The number of anilines is 1. The summed E-state index contributed by atoms with van der Waals surface area (Å²) in [6.45, 7) is 2.24. The minimum absolute atomic E-state index is 0.175. The Labute approximate surface area is 218 Å². The molecule has 8 nitrogen and oxygen atoms in total. The van der Waals surface area contributed by atoms with Crippen LogP contribution in [0, 0.1) is 5.41 Å². The number of rotatable bonds is 7. The minimum atomic E-state index is -0.483. The highest BCUT2D eigenvalue weighted by Crippen LogP contribution is 2.51. The zero-order chi connectivity index (χ0) is 24.9. The summed E-state index contributed by atoms with van der Waals surface area (Å²) in [5.41, 5.74) is 2.77. The van der Waals surface area contributed by atoms with Crippen molar-refractivity contribution in [2.24, 2.45) is 5.41 Å². The van der Waals surface area contributed by atoms with Gasteiger partial charge in [-0.15, -0.1) is 0 Å². The van der Waals surface area contributed by atoms with Crippen LogP contribution in [0.25, 0.3) is 11.3 Å². The largest absolute Gasteiger partial charge is 0.464 e. The van der Waals surface area contributed by atoms with Gasteiger partial charge in [0.2, 0.25) is 0 Å². The number of carbonyl (C=O) groups excluding carboxylic acids is 1. The van der Waals surface area contributed by atoms with E-state index in [1.165, 1.54) is 13.3 Å². The molecule has 36 heavy (non-hydrogen) atoms. The lowest BCUT2D eigenvalue weighted by atomic mass is 9.66. The van der Waals surface area contributed by atoms with Gasteiger partial charge in [0.05, 0.1) is 42.3 Å².